The first-order valence-corrected chi connectivity index (χ1v) is 8.50. The molecule has 0 saturated heterocycles. The van der Waals surface area contributed by atoms with Crippen LogP contribution in [0.3, 0.4) is 0 Å². The number of nitrogens with one attached hydrogen (secondary N) is 2. The second-order valence-corrected chi connectivity index (χ2v) is 5.88. The summed E-state index contributed by atoms with van der Waals surface area (Å²) < 4.78 is 13.6. The summed E-state index contributed by atoms with van der Waals surface area (Å²) in [6, 6.07) is 17.9. The second-order valence-electron chi connectivity index (χ2n) is 5.88. The lowest BCUT2D eigenvalue weighted by Crippen LogP contribution is -2.15. The first-order chi connectivity index (χ1) is 12.7. The monoisotopic (exact) mass is 349 g/mol. The number of benzene rings is 2. The zero-order valence-electron chi connectivity index (χ0n) is 14.5. The van der Waals surface area contributed by atoms with Crippen LogP contribution < -0.4 is 10.6 Å². The van der Waals surface area contributed by atoms with Gasteiger partial charge in [-0.15, -0.1) is 0 Å². The van der Waals surface area contributed by atoms with Crippen LogP contribution in [0.5, 0.6) is 0 Å². The predicted molar refractivity (Wildman–Crippen MR) is 102 cm³/mol. The fourth-order valence-corrected chi connectivity index (χ4v) is 2.65. The summed E-state index contributed by atoms with van der Waals surface area (Å²) in [5, 5.41) is 6.01. The number of para-hydroxylation sites is 1. The highest BCUT2D eigenvalue weighted by Crippen LogP contribution is 2.21. The summed E-state index contributed by atoms with van der Waals surface area (Å²) in [6.45, 7) is 2.10. The Morgan fingerprint density at radius 3 is 2.42 bits per heavy atom. The zero-order chi connectivity index (χ0) is 18.4. The number of anilines is 3. The normalized spacial score (nSPS) is 10.4. The van der Waals surface area contributed by atoms with E-state index in [0.717, 1.165) is 12.1 Å². The molecule has 0 unspecified atom stereocenters. The van der Waals surface area contributed by atoms with E-state index >= 15 is 0 Å². The molecule has 3 rings (SSSR count). The number of aromatic nitrogens is 1. The molecular formula is C21H20FN3O. The molecule has 1 aromatic heterocycles. The highest BCUT2D eigenvalue weighted by molar-refractivity contribution is 5.92. The van der Waals surface area contributed by atoms with Crippen LogP contribution in [0.1, 0.15) is 18.1 Å². The Balaban J connectivity index is 1.62. The maximum absolute atomic E-state index is 13.6. The molecule has 132 valence electrons. The topological polar surface area (TPSA) is 54.0 Å². The SMILES string of the molecule is CCc1ccccc1Nc1ccc(NC(=O)Cc2ccccc2F)cn1. The lowest BCUT2D eigenvalue weighted by atomic mass is 10.1. The van der Waals surface area contributed by atoms with Crippen molar-refractivity contribution in [3.8, 4) is 0 Å². The third-order valence-electron chi connectivity index (χ3n) is 4.02. The minimum absolute atomic E-state index is 0.0173. The third-order valence-corrected chi connectivity index (χ3v) is 4.02. The molecule has 0 spiro atoms. The van der Waals surface area contributed by atoms with E-state index < -0.39 is 0 Å². The average molecular weight is 349 g/mol. The molecule has 3 aromatic rings. The summed E-state index contributed by atoms with van der Waals surface area (Å²) in [6.07, 6.45) is 2.49. The number of carbonyl (C=O) groups is 1. The Morgan fingerprint density at radius 1 is 1.00 bits per heavy atom. The molecule has 5 heteroatoms. The number of nitrogens with zero attached hydrogens (tertiary/aromatic N) is 1. The van der Waals surface area contributed by atoms with Gasteiger partial charge in [-0.05, 0) is 41.8 Å². The number of pyridine rings is 1. The van der Waals surface area contributed by atoms with E-state index in [-0.39, 0.29) is 18.1 Å². The first-order valence-electron chi connectivity index (χ1n) is 8.50. The van der Waals surface area contributed by atoms with E-state index in [0.29, 0.717) is 17.1 Å². The van der Waals surface area contributed by atoms with Crippen LogP contribution in [-0.2, 0) is 17.6 Å². The van der Waals surface area contributed by atoms with Crippen LogP contribution in [0.2, 0.25) is 0 Å². The van der Waals surface area contributed by atoms with Crippen LogP contribution in [0, 0.1) is 5.82 Å². The van der Waals surface area contributed by atoms with Gasteiger partial charge in [0.1, 0.15) is 11.6 Å². The molecule has 1 amide bonds. The van der Waals surface area contributed by atoms with Gasteiger partial charge in [-0.2, -0.15) is 0 Å². The standard InChI is InChI=1S/C21H20FN3O/c1-2-15-7-4-6-10-19(15)25-20-12-11-17(14-23-20)24-21(26)13-16-8-3-5-9-18(16)22/h3-12,14H,2,13H2,1H3,(H,23,25)(H,24,26). The largest absolute Gasteiger partial charge is 0.340 e. The van der Waals surface area contributed by atoms with Crippen molar-refractivity contribution in [2.45, 2.75) is 19.8 Å². The van der Waals surface area contributed by atoms with Gasteiger partial charge < -0.3 is 10.6 Å². The zero-order valence-corrected chi connectivity index (χ0v) is 14.5. The number of amides is 1. The van der Waals surface area contributed by atoms with Crippen LogP contribution in [0.25, 0.3) is 0 Å². The molecule has 0 fully saturated rings. The van der Waals surface area contributed by atoms with Crippen LogP contribution in [-0.4, -0.2) is 10.9 Å². The highest BCUT2D eigenvalue weighted by Gasteiger charge is 2.08. The molecule has 2 aromatic carbocycles. The van der Waals surface area contributed by atoms with Crippen molar-refractivity contribution in [3.63, 3.8) is 0 Å². The van der Waals surface area contributed by atoms with Gasteiger partial charge in [0.05, 0.1) is 18.3 Å². The van der Waals surface area contributed by atoms with Gasteiger partial charge in [0.2, 0.25) is 5.91 Å². The fraction of sp³-hybridized carbons (Fsp3) is 0.143. The molecule has 0 saturated carbocycles. The highest BCUT2D eigenvalue weighted by atomic mass is 19.1. The van der Waals surface area contributed by atoms with E-state index in [1.165, 1.54) is 11.6 Å². The van der Waals surface area contributed by atoms with Crippen molar-refractivity contribution in [3.05, 3.63) is 83.8 Å². The molecule has 0 aliphatic carbocycles. The van der Waals surface area contributed by atoms with E-state index in [1.54, 1.807) is 36.5 Å². The van der Waals surface area contributed by atoms with Crippen molar-refractivity contribution in [2.24, 2.45) is 0 Å². The van der Waals surface area contributed by atoms with Crippen LogP contribution in [0.15, 0.2) is 66.9 Å². The molecule has 4 nitrogen and oxygen atoms in total. The number of rotatable bonds is 6. The summed E-state index contributed by atoms with van der Waals surface area (Å²) >= 11 is 0. The number of halogens is 1. The van der Waals surface area contributed by atoms with Gasteiger partial charge in [-0.3, -0.25) is 4.79 Å². The van der Waals surface area contributed by atoms with E-state index in [4.69, 9.17) is 0 Å². The number of carbonyl (C=O) groups excluding carboxylic acids is 1. The van der Waals surface area contributed by atoms with E-state index in [2.05, 4.69) is 28.6 Å². The Morgan fingerprint density at radius 2 is 1.73 bits per heavy atom. The smallest absolute Gasteiger partial charge is 0.228 e. The van der Waals surface area contributed by atoms with Gasteiger partial charge in [-0.1, -0.05) is 43.3 Å². The van der Waals surface area contributed by atoms with Gasteiger partial charge in [0, 0.05) is 5.69 Å². The van der Waals surface area contributed by atoms with Gasteiger partial charge >= 0.3 is 0 Å². The maximum Gasteiger partial charge on any atom is 0.228 e. The van der Waals surface area contributed by atoms with Crippen molar-refractivity contribution >= 4 is 23.1 Å². The Hall–Kier alpha value is -3.21. The van der Waals surface area contributed by atoms with Crippen LogP contribution >= 0.6 is 0 Å². The summed E-state index contributed by atoms with van der Waals surface area (Å²) in [7, 11) is 0. The molecule has 0 aliphatic heterocycles. The van der Waals surface area contributed by atoms with Crippen LogP contribution in [0.4, 0.5) is 21.6 Å². The minimum Gasteiger partial charge on any atom is -0.340 e. The Bertz CT molecular complexity index is 894. The summed E-state index contributed by atoms with van der Waals surface area (Å²) in [5.74, 6) is 0.0295. The lowest BCUT2D eigenvalue weighted by molar-refractivity contribution is -0.115. The maximum atomic E-state index is 13.6. The molecule has 26 heavy (non-hydrogen) atoms. The quantitative estimate of drug-likeness (QED) is 0.678. The molecule has 1 heterocycles. The Kier molecular flexibility index (Phi) is 5.59. The van der Waals surface area contributed by atoms with Crippen molar-refractivity contribution in [1.82, 2.24) is 4.98 Å². The van der Waals surface area contributed by atoms with E-state index in [1.807, 2.05) is 18.2 Å². The molecule has 0 radical (unpaired) electrons. The molecule has 0 aliphatic rings. The molecule has 0 bridgehead atoms. The molecule has 2 N–H and O–H groups in total. The average Bonchev–Trinajstić information content (AvgIpc) is 2.66. The lowest BCUT2D eigenvalue weighted by Gasteiger charge is -2.11. The van der Waals surface area contributed by atoms with E-state index in [9.17, 15) is 9.18 Å². The summed E-state index contributed by atoms with van der Waals surface area (Å²) in [5.41, 5.74) is 3.16. The molecular weight excluding hydrogens is 329 g/mol. The first kappa shape index (κ1) is 17.6. The minimum atomic E-state index is -0.380. The fourth-order valence-electron chi connectivity index (χ4n) is 2.65. The summed E-state index contributed by atoms with van der Waals surface area (Å²) in [4.78, 5) is 16.4. The Labute approximate surface area is 152 Å². The molecule has 0 atom stereocenters. The van der Waals surface area contributed by atoms with Gasteiger partial charge in [-0.25, -0.2) is 9.37 Å². The predicted octanol–water partition coefficient (Wildman–Crippen LogP) is 4.71. The van der Waals surface area contributed by atoms with Crippen molar-refractivity contribution in [1.29, 1.82) is 0 Å². The van der Waals surface area contributed by atoms with Gasteiger partial charge in [0.25, 0.3) is 0 Å². The van der Waals surface area contributed by atoms with Crippen molar-refractivity contribution in [2.75, 3.05) is 10.6 Å². The third kappa shape index (κ3) is 4.45. The van der Waals surface area contributed by atoms with Gasteiger partial charge in [0.15, 0.2) is 0 Å². The van der Waals surface area contributed by atoms with Crippen molar-refractivity contribution < 1.29 is 9.18 Å². The second kappa shape index (κ2) is 8.25. The number of aryl methyl sites for hydroxylation is 1. The number of hydrogen-bond acceptors (Lipinski definition) is 3. The number of hydrogen-bond donors (Lipinski definition) is 2.